The molecule has 0 aliphatic heterocycles. The molecule has 1 rings (SSSR count). The van der Waals surface area contributed by atoms with Crippen LogP contribution in [0.3, 0.4) is 0 Å². The van der Waals surface area contributed by atoms with Crippen LogP contribution < -0.4 is 5.73 Å². The van der Waals surface area contributed by atoms with E-state index in [2.05, 4.69) is 54.0 Å². The molecule has 0 aromatic heterocycles. The standard InChI is InChI=1S/C12H18BrN/c1-9(2)7-12(14)8-10-3-5-11(13)6-4-10/h3-6,9,12H,7-8,14H2,1-2H3. The average molecular weight is 256 g/mol. The van der Waals surface area contributed by atoms with Crippen molar-refractivity contribution in [1.29, 1.82) is 0 Å². The summed E-state index contributed by atoms with van der Waals surface area (Å²) in [6.45, 7) is 4.42. The van der Waals surface area contributed by atoms with Gasteiger partial charge in [0, 0.05) is 10.5 Å². The van der Waals surface area contributed by atoms with E-state index < -0.39 is 0 Å². The van der Waals surface area contributed by atoms with E-state index in [1.165, 1.54) is 5.56 Å². The van der Waals surface area contributed by atoms with Crippen molar-refractivity contribution >= 4 is 15.9 Å². The molecule has 2 N–H and O–H groups in total. The van der Waals surface area contributed by atoms with Crippen molar-refractivity contribution in [3.8, 4) is 0 Å². The minimum Gasteiger partial charge on any atom is -0.327 e. The normalized spacial score (nSPS) is 13.2. The second-order valence-corrected chi connectivity index (χ2v) is 5.14. The highest BCUT2D eigenvalue weighted by atomic mass is 79.9. The van der Waals surface area contributed by atoms with Crippen LogP contribution >= 0.6 is 15.9 Å². The lowest BCUT2D eigenvalue weighted by atomic mass is 9.98. The van der Waals surface area contributed by atoms with Crippen molar-refractivity contribution in [2.75, 3.05) is 0 Å². The topological polar surface area (TPSA) is 26.0 Å². The second kappa shape index (κ2) is 5.52. The van der Waals surface area contributed by atoms with Crippen LogP contribution in [0.4, 0.5) is 0 Å². The molecule has 0 amide bonds. The molecule has 14 heavy (non-hydrogen) atoms. The van der Waals surface area contributed by atoms with E-state index in [0.717, 1.165) is 17.3 Å². The van der Waals surface area contributed by atoms with Crippen LogP contribution in [0.15, 0.2) is 28.7 Å². The molecule has 1 atom stereocenters. The van der Waals surface area contributed by atoms with E-state index in [9.17, 15) is 0 Å². The molecule has 0 saturated heterocycles. The Labute approximate surface area is 94.8 Å². The van der Waals surface area contributed by atoms with Gasteiger partial charge in [0.05, 0.1) is 0 Å². The van der Waals surface area contributed by atoms with Crippen LogP contribution in [0, 0.1) is 5.92 Å². The van der Waals surface area contributed by atoms with Gasteiger partial charge < -0.3 is 5.73 Å². The minimum atomic E-state index is 0.288. The third-order valence-corrected chi connectivity index (χ3v) is 2.71. The fourth-order valence-electron chi connectivity index (χ4n) is 1.61. The third kappa shape index (κ3) is 4.25. The molecule has 0 saturated carbocycles. The van der Waals surface area contributed by atoms with Gasteiger partial charge in [-0.1, -0.05) is 41.9 Å². The molecule has 1 unspecified atom stereocenters. The van der Waals surface area contributed by atoms with E-state index in [4.69, 9.17) is 5.73 Å². The summed E-state index contributed by atoms with van der Waals surface area (Å²) in [6, 6.07) is 8.68. The molecule has 2 heteroatoms. The van der Waals surface area contributed by atoms with Gasteiger partial charge >= 0.3 is 0 Å². The molecular weight excluding hydrogens is 238 g/mol. The summed E-state index contributed by atoms with van der Waals surface area (Å²) in [5, 5.41) is 0. The zero-order valence-electron chi connectivity index (χ0n) is 8.83. The van der Waals surface area contributed by atoms with Crippen molar-refractivity contribution in [2.45, 2.75) is 32.7 Å². The number of hydrogen-bond donors (Lipinski definition) is 1. The lowest BCUT2D eigenvalue weighted by molar-refractivity contribution is 0.493. The molecule has 1 aromatic carbocycles. The summed E-state index contributed by atoms with van der Waals surface area (Å²) < 4.78 is 1.12. The zero-order valence-corrected chi connectivity index (χ0v) is 10.4. The maximum absolute atomic E-state index is 6.03. The Balaban J connectivity index is 2.47. The van der Waals surface area contributed by atoms with Gasteiger partial charge in [0.25, 0.3) is 0 Å². The van der Waals surface area contributed by atoms with Gasteiger partial charge in [-0.05, 0) is 36.5 Å². The fourth-order valence-corrected chi connectivity index (χ4v) is 1.88. The Hall–Kier alpha value is -0.340. The highest BCUT2D eigenvalue weighted by Gasteiger charge is 2.06. The summed E-state index contributed by atoms with van der Waals surface area (Å²) >= 11 is 3.42. The Morgan fingerprint density at radius 2 is 1.79 bits per heavy atom. The van der Waals surface area contributed by atoms with Crippen molar-refractivity contribution in [2.24, 2.45) is 11.7 Å². The van der Waals surface area contributed by atoms with Crippen molar-refractivity contribution in [3.63, 3.8) is 0 Å². The number of nitrogens with two attached hydrogens (primary N) is 1. The van der Waals surface area contributed by atoms with E-state index in [0.29, 0.717) is 5.92 Å². The monoisotopic (exact) mass is 255 g/mol. The summed E-state index contributed by atoms with van der Waals surface area (Å²) in [6.07, 6.45) is 2.07. The molecule has 0 fully saturated rings. The van der Waals surface area contributed by atoms with Gasteiger partial charge in [0.15, 0.2) is 0 Å². The third-order valence-electron chi connectivity index (χ3n) is 2.19. The predicted octanol–water partition coefficient (Wildman–Crippen LogP) is 3.37. The summed E-state index contributed by atoms with van der Waals surface area (Å²) in [7, 11) is 0. The van der Waals surface area contributed by atoms with Crippen LogP contribution in [0.25, 0.3) is 0 Å². The van der Waals surface area contributed by atoms with Gasteiger partial charge in [0.2, 0.25) is 0 Å². The van der Waals surface area contributed by atoms with Crippen LogP contribution in [0.5, 0.6) is 0 Å². The molecule has 0 heterocycles. The Bertz CT molecular complexity index is 266. The maximum Gasteiger partial charge on any atom is 0.0175 e. The zero-order chi connectivity index (χ0) is 10.6. The molecular formula is C12H18BrN. The maximum atomic E-state index is 6.03. The predicted molar refractivity (Wildman–Crippen MR) is 65.3 cm³/mol. The number of hydrogen-bond acceptors (Lipinski definition) is 1. The summed E-state index contributed by atoms with van der Waals surface area (Å²) in [5.74, 6) is 0.681. The van der Waals surface area contributed by atoms with E-state index in [1.54, 1.807) is 0 Å². The molecule has 0 radical (unpaired) electrons. The largest absolute Gasteiger partial charge is 0.327 e. The average Bonchev–Trinajstić information content (AvgIpc) is 2.07. The van der Waals surface area contributed by atoms with Gasteiger partial charge in [-0.25, -0.2) is 0 Å². The van der Waals surface area contributed by atoms with Crippen LogP contribution in [-0.4, -0.2) is 6.04 Å². The molecule has 0 bridgehead atoms. The van der Waals surface area contributed by atoms with Gasteiger partial charge in [-0.15, -0.1) is 0 Å². The number of rotatable bonds is 4. The quantitative estimate of drug-likeness (QED) is 0.878. The van der Waals surface area contributed by atoms with Gasteiger partial charge in [-0.3, -0.25) is 0 Å². The summed E-state index contributed by atoms with van der Waals surface area (Å²) in [5.41, 5.74) is 7.35. The molecule has 78 valence electrons. The van der Waals surface area contributed by atoms with E-state index in [1.807, 2.05) is 0 Å². The second-order valence-electron chi connectivity index (χ2n) is 4.22. The van der Waals surface area contributed by atoms with Gasteiger partial charge in [0.1, 0.15) is 0 Å². The molecule has 0 aliphatic rings. The SMILES string of the molecule is CC(C)CC(N)Cc1ccc(Br)cc1. The Morgan fingerprint density at radius 1 is 1.21 bits per heavy atom. The molecule has 1 aromatic rings. The smallest absolute Gasteiger partial charge is 0.0175 e. The summed E-state index contributed by atoms with van der Waals surface area (Å²) in [4.78, 5) is 0. The highest BCUT2D eigenvalue weighted by molar-refractivity contribution is 9.10. The first-order valence-corrected chi connectivity index (χ1v) is 5.87. The molecule has 1 nitrogen and oxygen atoms in total. The lowest BCUT2D eigenvalue weighted by Crippen LogP contribution is -2.24. The Morgan fingerprint density at radius 3 is 2.29 bits per heavy atom. The van der Waals surface area contributed by atoms with Crippen molar-refractivity contribution in [1.82, 2.24) is 0 Å². The fraction of sp³-hybridized carbons (Fsp3) is 0.500. The first kappa shape index (κ1) is 11.7. The first-order chi connectivity index (χ1) is 6.58. The van der Waals surface area contributed by atoms with Crippen molar-refractivity contribution in [3.05, 3.63) is 34.3 Å². The molecule has 0 aliphatic carbocycles. The lowest BCUT2D eigenvalue weighted by Gasteiger charge is -2.13. The first-order valence-electron chi connectivity index (χ1n) is 5.08. The van der Waals surface area contributed by atoms with E-state index in [-0.39, 0.29) is 6.04 Å². The van der Waals surface area contributed by atoms with Crippen LogP contribution in [-0.2, 0) is 6.42 Å². The highest BCUT2D eigenvalue weighted by Crippen LogP contribution is 2.13. The van der Waals surface area contributed by atoms with Crippen molar-refractivity contribution < 1.29 is 0 Å². The van der Waals surface area contributed by atoms with Crippen LogP contribution in [0.1, 0.15) is 25.8 Å². The number of benzene rings is 1. The Kier molecular flexibility index (Phi) is 4.63. The molecule has 0 spiro atoms. The van der Waals surface area contributed by atoms with Crippen LogP contribution in [0.2, 0.25) is 0 Å². The minimum absolute atomic E-state index is 0.288. The number of halogens is 1. The van der Waals surface area contributed by atoms with E-state index >= 15 is 0 Å². The van der Waals surface area contributed by atoms with Gasteiger partial charge in [-0.2, -0.15) is 0 Å².